The molecule has 1 atom stereocenters. The molecule has 0 spiro atoms. The van der Waals surface area contributed by atoms with Crippen molar-refractivity contribution in [2.75, 3.05) is 11.9 Å². The van der Waals surface area contributed by atoms with Crippen molar-refractivity contribution in [3.8, 4) is 5.75 Å². The summed E-state index contributed by atoms with van der Waals surface area (Å²) < 4.78 is 31.6. The first-order valence-electron chi connectivity index (χ1n) is 6.84. The zero-order chi connectivity index (χ0) is 15.7. The smallest absolute Gasteiger partial charge is 0.259 e. The summed E-state index contributed by atoms with van der Waals surface area (Å²) in [7, 11) is 0. The van der Waals surface area contributed by atoms with Gasteiger partial charge in [-0.25, -0.2) is 8.78 Å². The maximum atomic E-state index is 13.2. The number of hydrogen-bond acceptors (Lipinski definition) is 3. The van der Waals surface area contributed by atoms with Crippen molar-refractivity contribution < 1.29 is 18.3 Å². The Morgan fingerprint density at radius 2 is 2.05 bits per heavy atom. The van der Waals surface area contributed by atoms with Crippen LogP contribution in [0.25, 0.3) is 0 Å². The number of rotatable bonds is 2. The Morgan fingerprint density at radius 3 is 2.82 bits per heavy atom. The number of ether oxygens (including phenoxy) is 1. The van der Waals surface area contributed by atoms with Crippen LogP contribution >= 0.6 is 0 Å². The van der Waals surface area contributed by atoms with Crippen LogP contribution in [0.5, 0.6) is 5.75 Å². The van der Waals surface area contributed by atoms with Crippen LogP contribution in [0.3, 0.4) is 0 Å². The van der Waals surface area contributed by atoms with Crippen molar-refractivity contribution in [1.82, 2.24) is 0 Å². The van der Waals surface area contributed by atoms with E-state index < -0.39 is 17.5 Å². The number of fused-ring (bicyclic) bond motifs is 1. The zero-order valence-electron chi connectivity index (χ0n) is 11.6. The molecular formula is C16H14F2N2O2. The number of nitrogens with two attached hydrogens (primary N) is 1. The maximum Gasteiger partial charge on any atom is 0.259 e. The molecule has 0 radical (unpaired) electrons. The Hall–Kier alpha value is -2.47. The number of carbonyl (C=O) groups excluding carboxylic acids is 1. The largest absolute Gasteiger partial charge is 0.492 e. The van der Waals surface area contributed by atoms with E-state index in [1.807, 2.05) is 6.07 Å². The Bertz CT molecular complexity index is 734. The number of para-hydroxylation sites is 1. The Balaban J connectivity index is 1.89. The molecule has 1 aliphatic heterocycles. The van der Waals surface area contributed by atoms with Crippen LogP contribution in [0.15, 0.2) is 36.4 Å². The highest BCUT2D eigenvalue weighted by Gasteiger charge is 2.23. The van der Waals surface area contributed by atoms with Crippen molar-refractivity contribution in [1.29, 1.82) is 0 Å². The maximum absolute atomic E-state index is 13.2. The second-order valence-electron chi connectivity index (χ2n) is 5.05. The quantitative estimate of drug-likeness (QED) is 0.896. The van der Waals surface area contributed by atoms with Crippen molar-refractivity contribution >= 4 is 11.6 Å². The molecule has 114 valence electrons. The monoisotopic (exact) mass is 304 g/mol. The van der Waals surface area contributed by atoms with Gasteiger partial charge >= 0.3 is 0 Å². The molecule has 0 aliphatic carbocycles. The minimum Gasteiger partial charge on any atom is -0.492 e. The van der Waals surface area contributed by atoms with Gasteiger partial charge in [0.05, 0.1) is 12.2 Å². The van der Waals surface area contributed by atoms with Gasteiger partial charge in [-0.15, -0.1) is 0 Å². The summed E-state index contributed by atoms with van der Waals surface area (Å²) in [5.74, 6) is -2.01. The molecule has 2 aromatic carbocycles. The summed E-state index contributed by atoms with van der Waals surface area (Å²) in [6.07, 6.45) is 0.682. The molecule has 0 bridgehead atoms. The average Bonchev–Trinajstić information content (AvgIpc) is 2.51. The molecule has 2 aromatic rings. The van der Waals surface area contributed by atoms with E-state index in [2.05, 4.69) is 5.32 Å². The van der Waals surface area contributed by atoms with Gasteiger partial charge in [0.2, 0.25) is 0 Å². The van der Waals surface area contributed by atoms with Crippen LogP contribution < -0.4 is 15.8 Å². The number of amides is 1. The van der Waals surface area contributed by atoms with Crippen molar-refractivity contribution in [3.63, 3.8) is 0 Å². The molecule has 0 fully saturated rings. The lowest BCUT2D eigenvalue weighted by molar-refractivity contribution is 0.102. The third-order valence-electron chi connectivity index (χ3n) is 3.54. The Labute approximate surface area is 125 Å². The second kappa shape index (κ2) is 5.73. The standard InChI is InChI=1S/C16H14F2N2O2/c17-12-5-4-9(8-13(12)18)20-16(21)11-3-1-2-10-14(19)6-7-22-15(10)11/h1-5,8,14H,6-7,19H2,(H,20,21). The lowest BCUT2D eigenvalue weighted by Crippen LogP contribution is -2.23. The average molecular weight is 304 g/mol. The molecule has 0 saturated heterocycles. The van der Waals surface area contributed by atoms with Gasteiger partial charge in [-0.1, -0.05) is 12.1 Å². The SMILES string of the molecule is NC1CCOc2c(C(=O)Nc3ccc(F)c(F)c3)cccc21. The van der Waals surface area contributed by atoms with Gasteiger partial charge in [-0.2, -0.15) is 0 Å². The molecule has 1 aliphatic rings. The molecular weight excluding hydrogens is 290 g/mol. The lowest BCUT2D eigenvalue weighted by atomic mass is 9.98. The number of hydrogen-bond donors (Lipinski definition) is 2. The van der Waals surface area contributed by atoms with Gasteiger partial charge in [0, 0.05) is 29.8 Å². The summed E-state index contributed by atoms with van der Waals surface area (Å²) in [4.78, 5) is 12.3. The van der Waals surface area contributed by atoms with Crippen molar-refractivity contribution in [3.05, 3.63) is 59.2 Å². The van der Waals surface area contributed by atoms with Gasteiger partial charge < -0.3 is 15.8 Å². The minimum atomic E-state index is -1.02. The fourth-order valence-corrected chi connectivity index (χ4v) is 2.40. The molecule has 1 unspecified atom stereocenters. The fraction of sp³-hybridized carbons (Fsp3) is 0.188. The predicted octanol–water partition coefficient (Wildman–Crippen LogP) is 3.00. The van der Waals surface area contributed by atoms with E-state index in [-0.39, 0.29) is 11.7 Å². The molecule has 22 heavy (non-hydrogen) atoms. The van der Waals surface area contributed by atoms with E-state index in [4.69, 9.17) is 10.5 Å². The normalized spacial score (nSPS) is 16.6. The van der Waals surface area contributed by atoms with E-state index >= 15 is 0 Å². The highest BCUT2D eigenvalue weighted by atomic mass is 19.2. The molecule has 3 rings (SSSR count). The number of nitrogens with one attached hydrogen (secondary N) is 1. The third-order valence-corrected chi connectivity index (χ3v) is 3.54. The molecule has 6 heteroatoms. The molecule has 4 nitrogen and oxygen atoms in total. The first kappa shape index (κ1) is 14.5. The summed E-state index contributed by atoms with van der Waals surface area (Å²) in [6.45, 7) is 0.434. The lowest BCUT2D eigenvalue weighted by Gasteiger charge is -2.24. The highest BCUT2D eigenvalue weighted by molar-refractivity contribution is 6.06. The molecule has 0 saturated carbocycles. The van der Waals surface area contributed by atoms with Crippen LogP contribution in [0, 0.1) is 11.6 Å². The molecule has 3 N–H and O–H groups in total. The summed E-state index contributed by atoms with van der Waals surface area (Å²) in [5.41, 5.74) is 7.25. The van der Waals surface area contributed by atoms with Gasteiger partial charge in [0.25, 0.3) is 5.91 Å². The fourth-order valence-electron chi connectivity index (χ4n) is 2.40. The van der Waals surface area contributed by atoms with Gasteiger partial charge in [-0.3, -0.25) is 4.79 Å². The van der Waals surface area contributed by atoms with Crippen LogP contribution in [0.1, 0.15) is 28.4 Å². The number of benzene rings is 2. The van der Waals surface area contributed by atoms with E-state index in [1.165, 1.54) is 6.07 Å². The van der Waals surface area contributed by atoms with E-state index in [0.29, 0.717) is 24.3 Å². The molecule has 1 heterocycles. The van der Waals surface area contributed by atoms with E-state index in [0.717, 1.165) is 17.7 Å². The van der Waals surface area contributed by atoms with Gasteiger partial charge in [0.15, 0.2) is 11.6 Å². The highest BCUT2D eigenvalue weighted by Crippen LogP contribution is 2.34. The molecule has 0 aromatic heterocycles. The van der Waals surface area contributed by atoms with Crippen LogP contribution in [0.2, 0.25) is 0 Å². The van der Waals surface area contributed by atoms with E-state index in [1.54, 1.807) is 12.1 Å². The number of anilines is 1. The first-order chi connectivity index (χ1) is 10.6. The third kappa shape index (κ3) is 2.65. The van der Waals surface area contributed by atoms with Crippen LogP contribution in [-0.4, -0.2) is 12.5 Å². The summed E-state index contributed by atoms with van der Waals surface area (Å²) in [5, 5.41) is 2.52. The van der Waals surface area contributed by atoms with Crippen LogP contribution in [0.4, 0.5) is 14.5 Å². The predicted molar refractivity (Wildman–Crippen MR) is 77.8 cm³/mol. The topological polar surface area (TPSA) is 64.3 Å². The van der Waals surface area contributed by atoms with E-state index in [9.17, 15) is 13.6 Å². The first-order valence-corrected chi connectivity index (χ1v) is 6.84. The van der Waals surface area contributed by atoms with Crippen molar-refractivity contribution in [2.45, 2.75) is 12.5 Å². The summed E-state index contributed by atoms with van der Waals surface area (Å²) in [6, 6.07) is 8.12. The number of carbonyl (C=O) groups is 1. The summed E-state index contributed by atoms with van der Waals surface area (Å²) >= 11 is 0. The molecule has 1 amide bonds. The number of halogens is 2. The van der Waals surface area contributed by atoms with Gasteiger partial charge in [-0.05, 0) is 18.2 Å². The Kier molecular flexibility index (Phi) is 3.77. The second-order valence-corrected chi connectivity index (χ2v) is 5.05. The minimum absolute atomic E-state index is 0.168. The van der Waals surface area contributed by atoms with Gasteiger partial charge in [0.1, 0.15) is 5.75 Å². The Morgan fingerprint density at radius 1 is 1.23 bits per heavy atom. The van der Waals surface area contributed by atoms with Crippen molar-refractivity contribution in [2.24, 2.45) is 5.73 Å². The zero-order valence-corrected chi connectivity index (χ0v) is 11.6. The van der Waals surface area contributed by atoms with Crippen LogP contribution in [-0.2, 0) is 0 Å².